The zero-order valence-corrected chi connectivity index (χ0v) is 15.6. The molecule has 0 fully saturated rings. The standard InChI is InChI=1S/C21H26N2O3/c1-4-15-26-19-8-6-5-7-18(19)21(25)22-17-12-9-16(10-13-17)11-14-20(24)23(2)3/h5-10,12-13H,4,11,14-15H2,1-3H3,(H,22,25). The average molecular weight is 354 g/mol. The molecule has 26 heavy (non-hydrogen) atoms. The van der Waals surface area contributed by atoms with E-state index in [2.05, 4.69) is 5.32 Å². The van der Waals surface area contributed by atoms with Crippen LogP contribution in [-0.4, -0.2) is 37.4 Å². The van der Waals surface area contributed by atoms with E-state index < -0.39 is 0 Å². The quantitative estimate of drug-likeness (QED) is 0.785. The number of carbonyl (C=O) groups excluding carboxylic acids is 2. The minimum atomic E-state index is -0.202. The minimum absolute atomic E-state index is 0.103. The minimum Gasteiger partial charge on any atom is -0.493 e. The molecule has 138 valence electrons. The molecule has 0 saturated heterocycles. The molecule has 0 aliphatic heterocycles. The lowest BCUT2D eigenvalue weighted by molar-refractivity contribution is -0.128. The maximum atomic E-state index is 12.5. The molecule has 2 amide bonds. The van der Waals surface area contributed by atoms with Gasteiger partial charge in [0, 0.05) is 26.2 Å². The highest BCUT2D eigenvalue weighted by molar-refractivity contribution is 6.06. The number of hydrogen-bond acceptors (Lipinski definition) is 3. The van der Waals surface area contributed by atoms with Crippen LogP contribution in [0.1, 0.15) is 35.7 Å². The third-order valence-electron chi connectivity index (χ3n) is 3.93. The summed E-state index contributed by atoms with van der Waals surface area (Å²) in [4.78, 5) is 25.8. The van der Waals surface area contributed by atoms with E-state index in [0.29, 0.717) is 36.4 Å². The number of aryl methyl sites for hydroxylation is 1. The number of carbonyl (C=O) groups is 2. The first-order chi connectivity index (χ1) is 12.5. The van der Waals surface area contributed by atoms with Crippen molar-refractivity contribution in [2.75, 3.05) is 26.0 Å². The fourth-order valence-electron chi connectivity index (χ4n) is 2.42. The van der Waals surface area contributed by atoms with Crippen LogP contribution in [0.2, 0.25) is 0 Å². The molecule has 0 radical (unpaired) electrons. The number of nitrogens with one attached hydrogen (secondary N) is 1. The largest absolute Gasteiger partial charge is 0.493 e. The maximum Gasteiger partial charge on any atom is 0.259 e. The van der Waals surface area contributed by atoms with E-state index in [0.717, 1.165) is 12.0 Å². The summed E-state index contributed by atoms with van der Waals surface area (Å²) >= 11 is 0. The second kappa shape index (κ2) is 9.61. The fourth-order valence-corrected chi connectivity index (χ4v) is 2.42. The molecular formula is C21H26N2O3. The molecule has 0 aromatic heterocycles. The van der Waals surface area contributed by atoms with Gasteiger partial charge in [-0.2, -0.15) is 0 Å². The van der Waals surface area contributed by atoms with Crippen LogP contribution in [0.4, 0.5) is 5.69 Å². The maximum absolute atomic E-state index is 12.5. The first kappa shape index (κ1) is 19.5. The van der Waals surface area contributed by atoms with Gasteiger partial charge >= 0.3 is 0 Å². The highest BCUT2D eigenvalue weighted by Crippen LogP contribution is 2.20. The van der Waals surface area contributed by atoms with Crippen molar-refractivity contribution in [3.63, 3.8) is 0 Å². The van der Waals surface area contributed by atoms with Gasteiger partial charge < -0.3 is 15.0 Å². The number of anilines is 1. The number of rotatable bonds is 8. The molecule has 2 aromatic rings. The van der Waals surface area contributed by atoms with Gasteiger partial charge in [0.2, 0.25) is 5.91 Å². The monoisotopic (exact) mass is 354 g/mol. The highest BCUT2D eigenvalue weighted by Gasteiger charge is 2.12. The second-order valence-electron chi connectivity index (χ2n) is 6.28. The second-order valence-corrected chi connectivity index (χ2v) is 6.28. The molecule has 0 atom stereocenters. The molecule has 0 unspecified atom stereocenters. The van der Waals surface area contributed by atoms with Crippen molar-refractivity contribution in [2.45, 2.75) is 26.2 Å². The zero-order valence-electron chi connectivity index (χ0n) is 15.6. The van der Waals surface area contributed by atoms with Crippen molar-refractivity contribution in [2.24, 2.45) is 0 Å². The Bertz CT molecular complexity index is 739. The van der Waals surface area contributed by atoms with Crippen LogP contribution in [0.3, 0.4) is 0 Å². The molecule has 0 heterocycles. The number of hydrogen-bond donors (Lipinski definition) is 1. The van der Waals surface area contributed by atoms with Gasteiger partial charge in [-0.1, -0.05) is 31.2 Å². The van der Waals surface area contributed by atoms with Gasteiger partial charge in [0.15, 0.2) is 0 Å². The van der Waals surface area contributed by atoms with E-state index >= 15 is 0 Å². The number of nitrogens with zero attached hydrogens (tertiary/aromatic N) is 1. The average Bonchev–Trinajstić information content (AvgIpc) is 2.65. The molecule has 0 spiro atoms. The van der Waals surface area contributed by atoms with E-state index in [1.54, 1.807) is 31.1 Å². The van der Waals surface area contributed by atoms with Crippen LogP contribution in [0.5, 0.6) is 5.75 Å². The highest BCUT2D eigenvalue weighted by atomic mass is 16.5. The van der Waals surface area contributed by atoms with Crippen molar-refractivity contribution in [1.29, 1.82) is 0 Å². The smallest absolute Gasteiger partial charge is 0.259 e. The third-order valence-corrected chi connectivity index (χ3v) is 3.93. The Balaban J connectivity index is 1.98. The van der Waals surface area contributed by atoms with Crippen LogP contribution in [0.25, 0.3) is 0 Å². The van der Waals surface area contributed by atoms with Crippen molar-refractivity contribution in [3.05, 3.63) is 59.7 Å². The Morgan fingerprint density at radius 2 is 1.73 bits per heavy atom. The fraction of sp³-hybridized carbons (Fsp3) is 0.333. The van der Waals surface area contributed by atoms with Gasteiger partial charge in [-0.25, -0.2) is 0 Å². The van der Waals surface area contributed by atoms with E-state index in [1.807, 2.05) is 43.3 Å². The Morgan fingerprint density at radius 1 is 1.04 bits per heavy atom. The number of para-hydroxylation sites is 1. The lowest BCUT2D eigenvalue weighted by Crippen LogP contribution is -2.21. The van der Waals surface area contributed by atoms with Gasteiger partial charge in [-0.15, -0.1) is 0 Å². The molecule has 2 rings (SSSR count). The summed E-state index contributed by atoms with van der Waals surface area (Å²) in [6.45, 7) is 2.60. The van der Waals surface area contributed by atoms with Crippen LogP contribution in [0, 0.1) is 0 Å². The van der Waals surface area contributed by atoms with Crippen molar-refractivity contribution in [1.82, 2.24) is 4.90 Å². The molecule has 0 saturated carbocycles. The third kappa shape index (κ3) is 5.62. The Morgan fingerprint density at radius 3 is 2.38 bits per heavy atom. The van der Waals surface area contributed by atoms with Gasteiger partial charge in [0.05, 0.1) is 12.2 Å². The molecule has 5 heteroatoms. The lowest BCUT2D eigenvalue weighted by Gasteiger charge is -2.12. The zero-order chi connectivity index (χ0) is 18.9. The number of benzene rings is 2. The summed E-state index contributed by atoms with van der Waals surface area (Å²) in [5.41, 5.74) is 2.29. The number of ether oxygens (including phenoxy) is 1. The van der Waals surface area contributed by atoms with E-state index in [1.165, 1.54) is 0 Å². The molecule has 2 aromatic carbocycles. The summed E-state index contributed by atoms with van der Waals surface area (Å²) in [6.07, 6.45) is 2.04. The molecule has 5 nitrogen and oxygen atoms in total. The summed E-state index contributed by atoms with van der Waals surface area (Å²) < 4.78 is 5.64. The SMILES string of the molecule is CCCOc1ccccc1C(=O)Nc1ccc(CCC(=O)N(C)C)cc1. The normalized spacial score (nSPS) is 10.3. The predicted octanol–water partition coefficient (Wildman–Crippen LogP) is 3.75. The number of amides is 2. The summed E-state index contributed by atoms with van der Waals surface area (Å²) in [6, 6.07) is 14.8. The van der Waals surface area contributed by atoms with Gasteiger partial charge in [0.1, 0.15) is 5.75 Å². The first-order valence-corrected chi connectivity index (χ1v) is 8.83. The Kier molecular flexibility index (Phi) is 7.21. The molecule has 0 aliphatic carbocycles. The lowest BCUT2D eigenvalue weighted by atomic mass is 10.1. The van der Waals surface area contributed by atoms with Gasteiger partial charge in [-0.05, 0) is 42.7 Å². The molecular weight excluding hydrogens is 328 g/mol. The predicted molar refractivity (Wildman–Crippen MR) is 104 cm³/mol. The van der Waals surface area contributed by atoms with E-state index in [9.17, 15) is 9.59 Å². The van der Waals surface area contributed by atoms with Gasteiger partial charge in [-0.3, -0.25) is 9.59 Å². The van der Waals surface area contributed by atoms with Crippen molar-refractivity contribution in [3.8, 4) is 5.75 Å². The van der Waals surface area contributed by atoms with Crippen LogP contribution >= 0.6 is 0 Å². The Labute approximate surface area is 155 Å². The topological polar surface area (TPSA) is 58.6 Å². The van der Waals surface area contributed by atoms with E-state index in [-0.39, 0.29) is 11.8 Å². The van der Waals surface area contributed by atoms with Crippen molar-refractivity contribution < 1.29 is 14.3 Å². The molecule has 0 aliphatic rings. The Hall–Kier alpha value is -2.82. The van der Waals surface area contributed by atoms with Crippen molar-refractivity contribution >= 4 is 17.5 Å². The van der Waals surface area contributed by atoms with Gasteiger partial charge in [0.25, 0.3) is 5.91 Å². The molecule has 0 bridgehead atoms. The van der Waals surface area contributed by atoms with Crippen LogP contribution in [0.15, 0.2) is 48.5 Å². The van der Waals surface area contributed by atoms with Crippen LogP contribution < -0.4 is 10.1 Å². The molecule has 1 N–H and O–H groups in total. The summed E-state index contributed by atoms with van der Waals surface area (Å²) in [5.74, 6) is 0.490. The first-order valence-electron chi connectivity index (χ1n) is 8.83. The summed E-state index contributed by atoms with van der Waals surface area (Å²) in [5, 5.41) is 2.89. The van der Waals surface area contributed by atoms with Crippen LogP contribution in [-0.2, 0) is 11.2 Å². The summed E-state index contributed by atoms with van der Waals surface area (Å²) in [7, 11) is 3.51. The van der Waals surface area contributed by atoms with E-state index in [4.69, 9.17) is 4.74 Å².